The van der Waals surface area contributed by atoms with Crippen molar-refractivity contribution >= 4 is 0 Å². The quantitative estimate of drug-likeness (QED) is 0.645. The van der Waals surface area contributed by atoms with E-state index in [1.54, 1.807) is 14.2 Å². The van der Waals surface area contributed by atoms with E-state index in [9.17, 15) is 0 Å². The number of rotatable bonds is 2. The molecule has 0 saturated heterocycles. The lowest BCUT2D eigenvalue weighted by Gasteiger charge is -2.04. The van der Waals surface area contributed by atoms with Crippen LogP contribution in [0.15, 0.2) is 18.2 Å². The molecule has 0 saturated carbocycles. The topological polar surface area (TPSA) is 18.5 Å². The van der Waals surface area contributed by atoms with Crippen LogP contribution >= 0.6 is 0 Å². The lowest BCUT2D eigenvalue weighted by Crippen LogP contribution is -1.87. The molecule has 0 aliphatic carbocycles. The minimum absolute atomic E-state index is 0.835. The van der Waals surface area contributed by atoms with Crippen molar-refractivity contribution in [3.63, 3.8) is 0 Å². The largest absolute Gasteiger partial charge is 0.497 e. The summed E-state index contributed by atoms with van der Waals surface area (Å²) in [6, 6.07) is 5.78. The first-order valence-corrected chi connectivity index (χ1v) is 3.46. The zero-order chi connectivity index (χ0) is 8.27. The Morgan fingerprint density at radius 1 is 0.909 bits per heavy atom. The maximum atomic E-state index is 5.06. The highest BCUT2D eigenvalue weighted by Gasteiger charge is 1.96. The van der Waals surface area contributed by atoms with E-state index in [4.69, 9.17) is 9.47 Å². The molecule has 0 aliphatic rings. The van der Waals surface area contributed by atoms with Crippen LogP contribution < -0.4 is 9.47 Å². The highest BCUT2D eigenvalue weighted by Crippen LogP contribution is 2.21. The SMILES string of the molecule is COc1cc(C)cc(OC)c1. The van der Waals surface area contributed by atoms with E-state index in [-0.39, 0.29) is 0 Å². The second-order valence-electron chi connectivity index (χ2n) is 2.39. The predicted molar refractivity (Wildman–Crippen MR) is 44.3 cm³/mol. The van der Waals surface area contributed by atoms with Gasteiger partial charge in [0.05, 0.1) is 14.2 Å². The molecule has 11 heavy (non-hydrogen) atoms. The van der Waals surface area contributed by atoms with Gasteiger partial charge in [0.2, 0.25) is 0 Å². The van der Waals surface area contributed by atoms with Gasteiger partial charge in [-0.2, -0.15) is 0 Å². The third kappa shape index (κ3) is 1.87. The molecule has 0 unspecified atom stereocenters. The van der Waals surface area contributed by atoms with Crippen LogP contribution in [-0.2, 0) is 0 Å². The fourth-order valence-corrected chi connectivity index (χ4v) is 0.950. The Hall–Kier alpha value is -1.18. The van der Waals surface area contributed by atoms with Crippen LogP contribution in [0.3, 0.4) is 0 Å². The zero-order valence-corrected chi connectivity index (χ0v) is 7.05. The molecule has 1 aromatic carbocycles. The Morgan fingerprint density at radius 2 is 1.36 bits per heavy atom. The first-order chi connectivity index (χ1) is 5.26. The minimum Gasteiger partial charge on any atom is -0.497 e. The third-order valence-corrected chi connectivity index (χ3v) is 1.50. The highest BCUT2D eigenvalue weighted by atomic mass is 16.5. The highest BCUT2D eigenvalue weighted by molar-refractivity contribution is 5.37. The van der Waals surface area contributed by atoms with Crippen molar-refractivity contribution in [2.75, 3.05) is 14.2 Å². The molecule has 0 spiro atoms. The summed E-state index contributed by atoms with van der Waals surface area (Å²) in [5.74, 6) is 1.67. The minimum atomic E-state index is 0.835. The monoisotopic (exact) mass is 152 g/mol. The number of ether oxygens (including phenoxy) is 2. The fraction of sp³-hybridized carbons (Fsp3) is 0.333. The van der Waals surface area contributed by atoms with Crippen LogP contribution in [0.25, 0.3) is 0 Å². The van der Waals surface area contributed by atoms with E-state index in [0.717, 1.165) is 17.1 Å². The van der Waals surface area contributed by atoms with Gasteiger partial charge in [-0.05, 0) is 24.6 Å². The van der Waals surface area contributed by atoms with Crippen LogP contribution in [0.1, 0.15) is 5.56 Å². The molecule has 1 rings (SSSR count). The van der Waals surface area contributed by atoms with Gasteiger partial charge in [0.1, 0.15) is 11.5 Å². The molecule has 1 aromatic rings. The van der Waals surface area contributed by atoms with Gasteiger partial charge in [0, 0.05) is 6.07 Å². The maximum Gasteiger partial charge on any atom is 0.122 e. The van der Waals surface area contributed by atoms with Gasteiger partial charge < -0.3 is 9.47 Å². The predicted octanol–water partition coefficient (Wildman–Crippen LogP) is 2.01. The van der Waals surface area contributed by atoms with Gasteiger partial charge in [0.25, 0.3) is 0 Å². The smallest absolute Gasteiger partial charge is 0.122 e. The molecule has 0 heterocycles. The molecule has 0 atom stereocenters. The maximum absolute atomic E-state index is 5.06. The van der Waals surface area contributed by atoms with Gasteiger partial charge in [-0.3, -0.25) is 0 Å². The Bertz CT molecular complexity index is 221. The average Bonchev–Trinajstić information content (AvgIpc) is 2.03. The summed E-state index contributed by atoms with van der Waals surface area (Å²) in [5.41, 5.74) is 1.14. The molecule has 0 amide bonds. The number of hydrogen-bond donors (Lipinski definition) is 0. The van der Waals surface area contributed by atoms with Crippen molar-refractivity contribution in [3.8, 4) is 11.5 Å². The average molecular weight is 152 g/mol. The lowest BCUT2D eigenvalue weighted by atomic mass is 10.2. The summed E-state index contributed by atoms with van der Waals surface area (Å²) in [7, 11) is 3.29. The summed E-state index contributed by atoms with van der Waals surface area (Å²) in [4.78, 5) is 0. The van der Waals surface area contributed by atoms with E-state index in [0.29, 0.717) is 0 Å². The molecule has 0 bridgehead atoms. The van der Waals surface area contributed by atoms with Crippen molar-refractivity contribution in [2.24, 2.45) is 0 Å². The molecule has 0 radical (unpaired) electrons. The molecule has 0 fully saturated rings. The van der Waals surface area contributed by atoms with Crippen molar-refractivity contribution in [2.45, 2.75) is 6.92 Å². The second kappa shape index (κ2) is 3.28. The van der Waals surface area contributed by atoms with Crippen LogP contribution in [0.4, 0.5) is 0 Å². The van der Waals surface area contributed by atoms with Gasteiger partial charge in [-0.25, -0.2) is 0 Å². The van der Waals surface area contributed by atoms with Gasteiger partial charge in [-0.15, -0.1) is 0 Å². The lowest BCUT2D eigenvalue weighted by molar-refractivity contribution is 0.394. The van der Waals surface area contributed by atoms with Crippen LogP contribution in [-0.4, -0.2) is 14.2 Å². The summed E-state index contributed by atoms with van der Waals surface area (Å²) in [6.07, 6.45) is 0. The summed E-state index contributed by atoms with van der Waals surface area (Å²) >= 11 is 0. The van der Waals surface area contributed by atoms with E-state index in [1.165, 1.54) is 0 Å². The molecule has 0 aromatic heterocycles. The molecule has 0 aliphatic heterocycles. The Balaban J connectivity index is 3.02. The molecular weight excluding hydrogens is 140 g/mol. The summed E-state index contributed by atoms with van der Waals surface area (Å²) in [5, 5.41) is 0. The number of methoxy groups -OCH3 is 2. The Kier molecular flexibility index (Phi) is 2.36. The Labute approximate surface area is 66.8 Å². The number of benzene rings is 1. The zero-order valence-electron chi connectivity index (χ0n) is 7.05. The van der Waals surface area contributed by atoms with Crippen molar-refractivity contribution in [1.29, 1.82) is 0 Å². The molecule has 60 valence electrons. The van der Waals surface area contributed by atoms with E-state index in [1.807, 2.05) is 25.1 Å². The molecular formula is C9H12O2. The first-order valence-electron chi connectivity index (χ1n) is 3.46. The Morgan fingerprint density at radius 3 is 1.73 bits per heavy atom. The number of hydrogen-bond acceptors (Lipinski definition) is 2. The van der Waals surface area contributed by atoms with Gasteiger partial charge >= 0.3 is 0 Å². The first kappa shape index (κ1) is 7.92. The van der Waals surface area contributed by atoms with Gasteiger partial charge in [0.15, 0.2) is 0 Å². The number of aryl methyl sites for hydroxylation is 1. The summed E-state index contributed by atoms with van der Waals surface area (Å²) < 4.78 is 10.1. The van der Waals surface area contributed by atoms with Crippen LogP contribution in [0, 0.1) is 6.92 Å². The van der Waals surface area contributed by atoms with E-state index in [2.05, 4.69) is 0 Å². The van der Waals surface area contributed by atoms with Crippen LogP contribution in [0.2, 0.25) is 0 Å². The fourth-order valence-electron chi connectivity index (χ4n) is 0.950. The van der Waals surface area contributed by atoms with Crippen molar-refractivity contribution < 1.29 is 9.47 Å². The van der Waals surface area contributed by atoms with Crippen LogP contribution in [0.5, 0.6) is 11.5 Å². The summed E-state index contributed by atoms with van der Waals surface area (Å²) in [6.45, 7) is 2.00. The van der Waals surface area contributed by atoms with Gasteiger partial charge in [-0.1, -0.05) is 0 Å². The van der Waals surface area contributed by atoms with E-state index >= 15 is 0 Å². The standard InChI is InChI=1S/C9H12O2/c1-7-4-8(10-2)6-9(5-7)11-3/h4-6H,1-3H3. The second-order valence-corrected chi connectivity index (χ2v) is 2.39. The third-order valence-electron chi connectivity index (χ3n) is 1.50. The molecule has 2 nitrogen and oxygen atoms in total. The van der Waals surface area contributed by atoms with Crippen molar-refractivity contribution in [1.82, 2.24) is 0 Å². The molecule has 2 heteroatoms. The van der Waals surface area contributed by atoms with Crippen molar-refractivity contribution in [3.05, 3.63) is 23.8 Å². The normalized spacial score (nSPS) is 9.36. The molecule has 0 N–H and O–H groups in total. The van der Waals surface area contributed by atoms with E-state index < -0.39 is 0 Å².